The van der Waals surface area contributed by atoms with E-state index in [0.29, 0.717) is 17.2 Å². The van der Waals surface area contributed by atoms with E-state index in [4.69, 9.17) is 0 Å². The van der Waals surface area contributed by atoms with Crippen LogP contribution in [0, 0.1) is 5.41 Å². The lowest BCUT2D eigenvalue weighted by molar-refractivity contribution is 0.167. The number of nitrogens with one attached hydrogen (secondary N) is 1. The highest BCUT2D eigenvalue weighted by molar-refractivity contribution is 5.56. The maximum atomic E-state index is 9.55. The molecule has 0 saturated heterocycles. The van der Waals surface area contributed by atoms with Crippen LogP contribution < -0.4 is 5.32 Å². The van der Waals surface area contributed by atoms with Crippen LogP contribution in [-0.4, -0.2) is 11.1 Å². The van der Waals surface area contributed by atoms with Gasteiger partial charge in [0.05, 0.1) is 5.69 Å². The summed E-state index contributed by atoms with van der Waals surface area (Å²) in [4.78, 5) is 0. The molecule has 14 heavy (non-hydrogen) atoms. The average molecular weight is 191 g/mol. The van der Waals surface area contributed by atoms with Gasteiger partial charge in [-0.3, -0.25) is 0 Å². The number of phenolic OH excluding ortho intramolecular Hbond substituents is 1. The molecule has 2 N–H and O–H groups in total. The fourth-order valence-electron chi connectivity index (χ4n) is 2.19. The summed E-state index contributed by atoms with van der Waals surface area (Å²) >= 11 is 0. The van der Waals surface area contributed by atoms with Crippen molar-refractivity contribution in [2.45, 2.75) is 32.7 Å². The van der Waals surface area contributed by atoms with Crippen LogP contribution >= 0.6 is 0 Å². The van der Waals surface area contributed by atoms with E-state index in [2.05, 4.69) is 19.2 Å². The zero-order valence-corrected chi connectivity index (χ0v) is 8.75. The number of aromatic hydroxyl groups is 1. The summed E-state index contributed by atoms with van der Waals surface area (Å²) in [5.74, 6) is 0.345. The van der Waals surface area contributed by atoms with Gasteiger partial charge in [0, 0.05) is 6.04 Å². The van der Waals surface area contributed by atoms with Gasteiger partial charge in [-0.15, -0.1) is 0 Å². The predicted molar refractivity (Wildman–Crippen MR) is 58.5 cm³/mol. The quantitative estimate of drug-likeness (QED) is 0.704. The minimum atomic E-state index is 0.345. The lowest BCUT2D eigenvalue weighted by Crippen LogP contribution is -2.41. The lowest BCUT2D eigenvalue weighted by Gasteiger charge is -2.43. The first-order valence-electron chi connectivity index (χ1n) is 5.11. The van der Waals surface area contributed by atoms with Crippen LogP contribution in [0.15, 0.2) is 24.3 Å². The van der Waals surface area contributed by atoms with Crippen LogP contribution in [0.4, 0.5) is 5.69 Å². The molecule has 0 amide bonds. The Morgan fingerprint density at radius 1 is 1.29 bits per heavy atom. The molecule has 76 valence electrons. The first-order valence-corrected chi connectivity index (χ1v) is 5.11. The van der Waals surface area contributed by atoms with Gasteiger partial charge in [0.1, 0.15) is 5.75 Å². The van der Waals surface area contributed by atoms with Gasteiger partial charge >= 0.3 is 0 Å². The van der Waals surface area contributed by atoms with Gasteiger partial charge in [-0.2, -0.15) is 0 Å². The number of phenols is 1. The SMILES string of the molecule is CC1(C)CC(Nc2ccccc2O)C1. The molecule has 1 aliphatic rings. The number of hydrogen-bond donors (Lipinski definition) is 2. The van der Waals surface area contributed by atoms with Crippen molar-refractivity contribution in [3.8, 4) is 5.75 Å². The molecule has 0 aromatic heterocycles. The molecule has 2 rings (SSSR count). The Morgan fingerprint density at radius 2 is 1.93 bits per heavy atom. The first kappa shape index (κ1) is 9.38. The Kier molecular flexibility index (Phi) is 2.14. The molecular weight excluding hydrogens is 174 g/mol. The molecule has 1 aromatic carbocycles. The topological polar surface area (TPSA) is 32.3 Å². The largest absolute Gasteiger partial charge is 0.506 e. The van der Waals surface area contributed by atoms with Crippen molar-refractivity contribution < 1.29 is 5.11 Å². The highest BCUT2D eigenvalue weighted by Crippen LogP contribution is 2.42. The Balaban J connectivity index is 1.97. The third-order valence-corrected chi connectivity index (χ3v) is 2.86. The fraction of sp³-hybridized carbons (Fsp3) is 0.500. The van der Waals surface area contributed by atoms with Gasteiger partial charge in [-0.05, 0) is 30.4 Å². The van der Waals surface area contributed by atoms with Crippen molar-refractivity contribution in [3.63, 3.8) is 0 Å². The monoisotopic (exact) mass is 191 g/mol. The summed E-state index contributed by atoms with van der Waals surface area (Å²) in [6, 6.07) is 7.93. The maximum absolute atomic E-state index is 9.55. The summed E-state index contributed by atoms with van der Waals surface area (Å²) in [5.41, 5.74) is 1.33. The zero-order valence-electron chi connectivity index (χ0n) is 8.75. The van der Waals surface area contributed by atoms with E-state index in [9.17, 15) is 5.11 Å². The van der Waals surface area contributed by atoms with E-state index in [1.165, 1.54) is 12.8 Å². The van der Waals surface area contributed by atoms with Crippen molar-refractivity contribution >= 4 is 5.69 Å². The predicted octanol–water partition coefficient (Wildman–Crippen LogP) is 2.99. The third kappa shape index (κ3) is 1.84. The van der Waals surface area contributed by atoms with Gasteiger partial charge < -0.3 is 10.4 Å². The summed E-state index contributed by atoms with van der Waals surface area (Å²) in [5, 5.41) is 12.9. The molecule has 0 unspecified atom stereocenters. The second-order valence-corrected chi connectivity index (χ2v) is 4.93. The highest BCUT2D eigenvalue weighted by atomic mass is 16.3. The maximum Gasteiger partial charge on any atom is 0.138 e. The molecule has 2 heteroatoms. The number of anilines is 1. The third-order valence-electron chi connectivity index (χ3n) is 2.86. The van der Waals surface area contributed by atoms with E-state index in [-0.39, 0.29) is 0 Å². The number of rotatable bonds is 2. The Labute approximate surface area is 85.0 Å². The van der Waals surface area contributed by atoms with E-state index >= 15 is 0 Å². The van der Waals surface area contributed by atoms with Crippen LogP contribution in [0.5, 0.6) is 5.75 Å². The van der Waals surface area contributed by atoms with Gasteiger partial charge in [-0.1, -0.05) is 26.0 Å². The molecule has 2 nitrogen and oxygen atoms in total. The highest BCUT2D eigenvalue weighted by Gasteiger charge is 2.35. The lowest BCUT2D eigenvalue weighted by atomic mass is 9.68. The van der Waals surface area contributed by atoms with E-state index in [1.807, 2.05) is 18.2 Å². The minimum Gasteiger partial charge on any atom is -0.506 e. The van der Waals surface area contributed by atoms with Gasteiger partial charge in [0.15, 0.2) is 0 Å². The van der Waals surface area contributed by atoms with Crippen LogP contribution in [0.3, 0.4) is 0 Å². The average Bonchev–Trinajstić information content (AvgIpc) is 2.05. The molecule has 0 bridgehead atoms. The molecule has 1 aromatic rings. The second kappa shape index (κ2) is 3.19. The van der Waals surface area contributed by atoms with E-state index in [1.54, 1.807) is 6.07 Å². The van der Waals surface area contributed by atoms with Crippen LogP contribution in [0.25, 0.3) is 0 Å². The first-order chi connectivity index (χ1) is 6.57. The molecular formula is C12H17NO. The normalized spacial score (nSPS) is 20.1. The van der Waals surface area contributed by atoms with Crippen molar-refractivity contribution in [1.29, 1.82) is 0 Å². The molecule has 0 atom stereocenters. The van der Waals surface area contributed by atoms with E-state index in [0.717, 1.165) is 5.69 Å². The summed E-state index contributed by atoms with van der Waals surface area (Å²) in [7, 11) is 0. The fourth-order valence-corrected chi connectivity index (χ4v) is 2.19. The Morgan fingerprint density at radius 3 is 2.50 bits per heavy atom. The zero-order chi connectivity index (χ0) is 10.2. The summed E-state index contributed by atoms with van der Waals surface area (Å²) in [6.45, 7) is 4.55. The van der Waals surface area contributed by atoms with Crippen molar-refractivity contribution in [2.75, 3.05) is 5.32 Å². The van der Waals surface area contributed by atoms with Crippen LogP contribution in [-0.2, 0) is 0 Å². The Bertz CT molecular complexity index is 325. The molecule has 1 aliphatic carbocycles. The second-order valence-electron chi connectivity index (χ2n) is 4.93. The number of hydrogen-bond acceptors (Lipinski definition) is 2. The van der Waals surface area contributed by atoms with Crippen molar-refractivity contribution in [3.05, 3.63) is 24.3 Å². The van der Waals surface area contributed by atoms with Crippen molar-refractivity contribution in [1.82, 2.24) is 0 Å². The molecule has 0 radical (unpaired) electrons. The summed E-state index contributed by atoms with van der Waals surface area (Å²) in [6.07, 6.45) is 2.36. The smallest absolute Gasteiger partial charge is 0.138 e. The van der Waals surface area contributed by atoms with E-state index < -0.39 is 0 Å². The molecule has 1 saturated carbocycles. The van der Waals surface area contributed by atoms with Gasteiger partial charge in [0.25, 0.3) is 0 Å². The van der Waals surface area contributed by atoms with Gasteiger partial charge in [-0.25, -0.2) is 0 Å². The number of para-hydroxylation sites is 2. The minimum absolute atomic E-state index is 0.345. The molecule has 0 spiro atoms. The van der Waals surface area contributed by atoms with Crippen molar-refractivity contribution in [2.24, 2.45) is 5.41 Å². The Hall–Kier alpha value is -1.18. The van der Waals surface area contributed by atoms with Crippen LogP contribution in [0.1, 0.15) is 26.7 Å². The summed E-state index contributed by atoms with van der Waals surface area (Å²) < 4.78 is 0. The molecule has 1 fully saturated rings. The van der Waals surface area contributed by atoms with Crippen LogP contribution in [0.2, 0.25) is 0 Å². The number of benzene rings is 1. The molecule has 0 heterocycles. The molecule has 0 aliphatic heterocycles. The van der Waals surface area contributed by atoms with Gasteiger partial charge in [0.2, 0.25) is 0 Å². The standard InChI is InChI=1S/C12H17NO/c1-12(2)7-9(8-12)13-10-5-3-4-6-11(10)14/h3-6,9,13-14H,7-8H2,1-2H3.